The van der Waals surface area contributed by atoms with Crippen LogP contribution < -0.4 is 5.32 Å². The van der Waals surface area contributed by atoms with Crippen LogP contribution in [0.5, 0.6) is 0 Å². The highest BCUT2D eigenvalue weighted by Crippen LogP contribution is 2.27. The number of alkyl halides is 1. The Hall–Kier alpha value is -0.530. The van der Waals surface area contributed by atoms with Gasteiger partial charge in [0.1, 0.15) is 0 Å². The SMILES string of the molecule is CNC[C@H](C)[C@@H](Cl)c1ccccc1. The maximum Gasteiger partial charge on any atom is 0.0622 e. The predicted molar refractivity (Wildman–Crippen MR) is 58.1 cm³/mol. The summed E-state index contributed by atoms with van der Waals surface area (Å²) in [7, 11) is 1.95. The zero-order valence-corrected chi connectivity index (χ0v) is 8.88. The molecular formula is C11H16ClN. The molecule has 1 aromatic carbocycles. The monoisotopic (exact) mass is 197 g/mol. The number of hydrogen-bond acceptors (Lipinski definition) is 1. The Morgan fingerprint density at radius 2 is 1.92 bits per heavy atom. The smallest absolute Gasteiger partial charge is 0.0622 e. The van der Waals surface area contributed by atoms with Gasteiger partial charge in [0.15, 0.2) is 0 Å². The van der Waals surface area contributed by atoms with Gasteiger partial charge in [-0.15, -0.1) is 11.6 Å². The number of hydrogen-bond donors (Lipinski definition) is 1. The first-order chi connectivity index (χ1) is 6.25. The van der Waals surface area contributed by atoms with Gasteiger partial charge in [-0.05, 0) is 25.1 Å². The van der Waals surface area contributed by atoms with Crippen molar-refractivity contribution in [2.75, 3.05) is 13.6 Å². The maximum atomic E-state index is 6.30. The van der Waals surface area contributed by atoms with Gasteiger partial charge in [0.25, 0.3) is 0 Å². The van der Waals surface area contributed by atoms with Crippen molar-refractivity contribution in [3.63, 3.8) is 0 Å². The third-order valence-electron chi connectivity index (χ3n) is 2.14. The van der Waals surface area contributed by atoms with Gasteiger partial charge in [-0.1, -0.05) is 37.3 Å². The zero-order chi connectivity index (χ0) is 9.68. The molecule has 0 aromatic heterocycles. The fourth-order valence-corrected chi connectivity index (χ4v) is 1.63. The van der Waals surface area contributed by atoms with Gasteiger partial charge in [-0.2, -0.15) is 0 Å². The Bertz CT molecular complexity index is 235. The molecule has 72 valence electrons. The average molecular weight is 198 g/mol. The molecule has 0 aliphatic heterocycles. The minimum atomic E-state index is 0.105. The van der Waals surface area contributed by atoms with E-state index in [0.717, 1.165) is 6.54 Å². The molecule has 0 unspecified atom stereocenters. The largest absolute Gasteiger partial charge is 0.319 e. The molecule has 0 bridgehead atoms. The Kier molecular flexibility index (Phi) is 4.26. The molecule has 13 heavy (non-hydrogen) atoms. The normalized spacial score (nSPS) is 15.3. The van der Waals surface area contributed by atoms with Crippen LogP contribution in [0.15, 0.2) is 30.3 Å². The van der Waals surface area contributed by atoms with E-state index in [0.29, 0.717) is 5.92 Å². The maximum absolute atomic E-state index is 6.30. The summed E-state index contributed by atoms with van der Waals surface area (Å²) in [6.07, 6.45) is 0. The van der Waals surface area contributed by atoms with Crippen molar-refractivity contribution < 1.29 is 0 Å². The minimum absolute atomic E-state index is 0.105. The van der Waals surface area contributed by atoms with E-state index >= 15 is 0 Å². The summed E-state index contributed by atoms with van der Waals surface area (Å²) in [6, 6.07) is 10.2. The van der Waals surface area contributed by atoms with E-state index in [4.69, 9.17) is 11.6 Å². The molecule has 0 spiro atoms. The molecule has 0 heterocycles. The van der Waals surface area contributed by atoms with Crippen molar-refractivity contribution in [1.82, 2.24) is 5.32 Å². The molecule has 0 fully saturated rings. The van der Waals surface area contributed by atoms with Gasteiger partial charge >= 0.3 is 0 Å². The van der Waals surface area contributed by atoms with Crippen LogP contribution in [-0.4, -0.2) is 13.6 Å². The molecule has 2 heteroatoms. The average Bonchev–Trinajstić information content (AvgIpc) is 2.18. The fourth-order valence-electron chi connectivity index (χ4n) is 1.39. The van der Waals surface area contributed by atoms with Gasteiger partial charge in [-0.25, -0.2) is 0 Å². The predicted octanol–water partition coefficient (Wildman–Crippen LogP) is 2.82. The Morgan fingerprint density at radius 3 is 2.46 bits per heavy atom. The number of nitrogens with one attached hydrogen (secondary N) is 1. The summed E-state index contributed by atoms with van der Waals surface area (Å²) < 4.78 is 0. The second-order valence-electron chi connectivity index (χ2n) is 3.35. The van der Waals surface area contributed by atoms with E-state index in [-0.39, 0.29) is 5.38 Å². The van der Waals surface area contributed by atoms with Crippen LogP contribution in [0, 0.1) is 5.92 Å². The van der Waals surface area contributed by atoms with Crippen molar-refractivity contribution >= 4 is 11.6 Å². The first-order valence-corrected chi connectivity index (χ1v) is 5.03. The van der Waals surface area contributed by atoms with E-state index in [1.54, 1.807) is 0 Å². The first kappa shape index (κ1) is 10.6. The highest BCUT2D eigenvalue weighted by Gasteiger charge is 2.14. The fraction of sp³-hybridized carbons (Fsp3) is 0.455. The lowest BCUT2D eigenvalue weighted by atomic mass is 10.0. The summed E-state index contributed by atoms with van der Waals surface area (Å²) in [5, 5.41) is 3.24. The molecule has 2 atom stereocenters. The Morgan fingerprint density at radius 1 is 1.31 bits per heavy atom. The van der Waals surface area contributed by atoms with Crippen LogP contribution in [0.25, 0.3) is 0 Å². The molecule has 0 aliphatic carbocycles. The highest BCUT2D eigenvalue weighted by atomic mass is 35.5. The quantitative estimate of drug-likeness (QED) is 0.733. The summed E-state index contributed by atoms with van der Waals surface area (Å²) in [4.78, 5) is 0. The standard InChI is InChI=1S/C11H16ClN/c1-9(8-13-2)11(12)10-6-4-3-5-7-10/h3-7,9,11,13H,8H2,1-2H3/t9-,11+/m0/s1. The van der Waals surface area contributed by atoms with E-state index in [1.807, 2.05) is 25.2 Å². The Labute approximate surface area is 85.1 Å². The molecule has 1 N–H and O–H groups in total. The number of halogens is 1. The van der Waals surface area contributed by atoms with Crippen molar-refractivity contribution in [3.8, 4) is 0 Å². The second kappa shape index (κ2) is 5.25. The lowest BCUT2D eigenvalue weighted by Gasteiger charge is -2.17. The first-order valence-electron chi connectivity index (χ1n) is 4.59. The molecule has 0 amide bonds. The van der Waals surface area contributed by atoms with Crippen LogP contribution >= 0.6 is 11.6 Å². The number of rotatable bonds is 4. The van der Waals surface area contributed by atoms with E-state index in [2.05, 4.69) is 24.4 Å². The van der Waals surface area contributed by atoms with Gasteiger partial charge in [0.2, 0.25) is 0 Å². The van der Waals surface area contributed by atoms with Gasteiger partial charge in [-0.3, -0.25) is 0 Å². The molecule has 1 aromatic rings. The zero-order valence-electron chi connectivity index (χ0n) is 8.13. The molecular weight excluding hydrogens is 182 g/mol. The summed E-state index contributed by atoms with van der Waals surface area (Å²) >= 11 is 6.30. The van der Waals surface area contributed by atoms with E-state index < -0.39 is 0 Å². The van der Waals surface area contributed by atoms with Crippen molar-refractivity contribution in [1.29, 1.82) is 0 Å². The summed E-state index contributed by atoms with van der Waals surface area (Å²) in [5.41, 5.74) is 1.20. The molecule has 1 nitrogen and oxygen atoms in total. The molecule has 0 saturated heterocycles. The topological polar surface area (TPSA) is 12.0 Å². The third-order valence-corrected chi connectivity index (χ3v) is 2.83. The van der Waals surface area contributed by atoms with Crippen LogP contribution in [0.2, 0.25) is 0 Å². The van der Waals surface area contributed by atoms with Crippen molar-refractivity contribution in [2.24, 2.45) is 5.92 Å². The third kappa shape index (κ3) is 3.02. The van der Waals surface area contributed by atoms with Crippen molar-refractivity contribution in [2.45, 2.75) is 12.3 Å². The molecule has 0 radical (unpaired) electrons. The van der Waals surface area contributed by atoms with E-state index in [1.165, 1.54) is 5.56 Å². The van der Waals surface area contributed by atoms with Crippen molar-refractivity contribution in [3.05, 3.63) is 35.9 Å². The Balaban J connectivity index is 2.62. The highest BCUT2D eigenvalue weighted by molar-refractivity contribution is 6.21. The lowest BCUT2D eigenvalue weighted by molar-refractivity contribution is 0.527. The van der Waals surface area contributed by atoms with Gasteiger partial charge in [0, 0.05) is 0 Å². The van der Waals surface area contributed by atoms with Crippen LogP contribution in [0.1, 0.15) is 17.9 Å². The molecule has 1 rings (SSSR count). The molecule has 0 aliphatic rings. The minimum Gasteiger partial charge on any atom is -0.319 e. The lowest BCUT2D eigenvalue weighted by Crippen LogP contribution is -2.19. The van der Waals surface area contributed by atoms with E-state index in [9.17, 15) is 0 Å². The van der Waals surface area contributed by atoms with Crippen LogP contribution in [-0.2, 0) is 0 Å². The second-order valence-corrected chi connectivity index (χ2v) is 3.82. The van der Waals surface area contributed by atoms with Crippen LogP contribution in [0.3, 0.4) is 0 Å². The van der Waals surface area contributed by atoms with Crippen LogP contribution in [0.4, 0.5) is 0 Å². The molecule has 0 saturated carbocycles. The van der Waals surface area contributed by atoms with Gasteiger partial charge < -0.3 is 5.32 Å². The van der Waals surface area contributed by atoms with Gasteiger partial charge in [0.05, 0.1) is 5.38 Å². The number of benzene rings is 1. The summed E-state index contributed by atoms with van der Waals surface area (Å²) in [6.45, 7) is 3.10. The summed E-state index contributed by atoms with van der Waals surface area (Å²) in [5.74, 6) is 0.453.